The first-order chi connectivity index (χ1) is 24.8. The molecule has 0 aromatic heterocycles. The second-order valence-corrected chi connectivity index (χ2v) is 13.9. The number of amides is 2. The maximum absolute atomic E-state index is 14.2. The van der Waals surface area contributed by atoms with Gasteiger partial charge in [0.15, 0.2) is 0 Å². The molecule has 2 saturated heterocycles. The van der Waals surface area contributed by atoms with E-state index in [0.717, 1.165) is 55.0 Å². The van der Waals surface area contributed by atoms with E-state index in [1.807, 2.05) is 71.6 Å². The van der Waals surface area contributed by atoms with E-state index >= 15 is 0 Å². The molecule has 2 aliphatic heterocycles. The number of nitrogens with zero attached hydrogens (tertiary/aromatic N) is 3. The largest absolute Gasteiger partial charge is 0.488 e. The Morgan fingerprint density at radius 2 is 1.47 bits per heavy atom. The number of likely N-dealkylation sites (tertiary alicyclic amines) is 1. The van der Waals surface area contributed by atoms with E-state index in [9.17, 15) is 19.6 Å². The molecule has 0 saturated carbocycles. The summed E-state index contributed by atoms with van der Waals surface area (Å²) in [6.45, 7) is 5.51. The zero-order valence-electron chi connectivity index (χ0n) is 28.9. The lowest BCUT2D eigenvalue weighted by Gasteiger charge is -2.40. The highest BCUT2D eigenvalue weighted by Gasteiger charge is 2.37. The zero-order valence-corrected chi connectivity index (χ0v) is 29.6. The van der Waals surface area contributed by atoms with Crippen molar-refractivity contribution in [2.24, 2.45) is 5.92 Å². The van der Waals surface area contributed by atoms with Gasteiger partial charge in [0.1, 0.15) is 12.6 Å². The number of ether oxygens (including phenoxy) is 1. The molecule has 2 fully saturated rings. The molecule has 9 nitrogen and oxygen atoms in total. The predicted octanol–water partition coefficient (Wildman–Crippen LogP) is 4.58. The highest BCUT2D eigenvalue weighted by molar-refractivity contribution is 6.59. The second-order valence-electron chi connectivity index (χ2n) is 13.5. The van der Waals surface area contributed by atoms with Gasteiger partial charge in [-0.1, -0.05) is 103 Å². The van der Waals surface area contributed by atoms with Gasteiger partial charge in [-0.2, -0.15) is 0 Å². The van der Waals surface area contributed by atoms with Crippen LogP contribution in [0.1, 0.15) is 29.5 Å². The van der Waals surface area contributed by atoms with Gasteiger partial charge in [-0.15, -0.1) is 0 Å². The SMILES string of the molecule is O=C(N[C@@H](C(=O)N1CCN(Cc2ccccc2B(O)O)CC1)C1CCN(CCc2cc(Cl)ccc2-c2ccccc2)CC1)OCc1ccccc1. The van der Waals surface area contributed by atoms with Gasteiger partial charge in [0, 0.05) is 44.3 Å². The zero-order chi connectivity index (χ0) is 35.6. The summed E-state index contributed by atoms with van der Waals surface area (Å²) in [5.41, 5.74) is 5.79. The van der Waals surface area contributed by atoms with Crippen LogP contribution in [0.5, 0.6) is 0 Å². The van der Waals surface area contributed by atoms with E-state index < -0.39 is 19.3 Å². The Morgan fingerprint density at radius 3 is 2.18 bits per heavy atom. The molecule has 6 rings (SSSR count). The molecule has 2 heterocycles. The van der Waals surface area contributed by atoms with E-state index in [1.54, 1.807) is 12.1 Å². The fourth-order valence-electron chi connectivity index (χ4n) is 7.22. The second kappa shape index (κ2) is 17.8. The molecular formula is C40H46BClN4O5. The number of piperidine rings is 1. The van der Waals surface area contributed by atoms with Crippen LogP contribution in [-0.2, 0) is 29.1 Å². The quantitative estimate of drug-likeness (QED) is 0.185. The van der Waals surface area contributed by atoms with Gasteiger partial charge >= 0.3 is 13.2 Å². The number of piperazine rings is 1. The van der Waals surface area contributed by atoms with Crippen molar-refractivity contribution < 1.29 is 24.4 Å². The smallest absolute Gasteiger partial charge is 0.445 e. The molecule has 2 amide bonds. The van der Waals surface area contributed by atoms with Crippen LogP contribution in [0.3, 0.4) is 0 Å². The molecule has 3 N–H and O–H groups in total. The minimum atomic E-state index is -1.53. The summed E-state index contributed by atoms with van der Waals surface area (Å²) in [4.78, 5) is 33.8. The summed E-state index contributed by atoms with van der Waals surface area (Å²) >= 11 is 6.42. The average molecular weight is 709 g/mol. The number of carbonyl (C=O) groups is 2. The molecule has 266 valence electrons. The van der Waals surface area contributed by atoms with Crippen molar-refractivity contribution >= 4 is 36.2 Å². The molecule has 0 spiro atoms. The number of rotatable bonds is 12. The minimum Gasteiger partial charge on any atom is -0.445 e. The number of benzene rings is 4. The third kappa shape index (κ3) is 9.99. The fourth-order valence-corrected chi connectivity index (χ4v) is 7.42. The molecular weight excluding hydrogens is 663 g/mol. The van der Waals surface area contributed by atoms with Gasteiger partial charge < -0.3 is 29.9 Å². The van der Waals surface area contributed by atoms with Crippen molar-refractivity contribution in [3.05, 3.63) is 125 Å². The number of hydrogen-bond acceptors (Lipinski definition) is 7. The first-order valence-corrected chi connectivity index (χ1v) is 18.2. The van der Waals surface area contributed by atoms with Gasteiger partial charge in [0.25, 0.3) is 0 Å². The Morgan fingerprint density at radius 1 is 0.804 bits per heavy atom. The van der Waals surface area contributed by atoms with Crippen molar-refractivity contribution in [3.63, 3.8) is 0 Å². The van der Waals surface area contributed by atoms with E-state index in [2.05, 4.69) is 39.4 Å². The molecule has 4 aromatic rings. The lowest BCUT2D eigenvalue weighted by atomic mass is 9.77. The molecule has 0 unspecified atom stereocenters. The standard InChI is InChI=1S/C40H46BClN4O5/c42-35-15-16-36(31-11-5-2-6-12-31)33(27-35)19-22-44-20-17-32(18-21-44)38(43-40(48)51-29-30-9-3-1-4-10-30)39(47)46-25-23-45(24-26-46)28-34-13-7-8-14-37(34)41(49)50/h1-16,27,32,38,49-50H,17-26,28-29H2,(H,43,48)/t38-/m1/s1. The van der Waals surface area contributed by atoms with Gasteiger partial charge in [-0.3, -0.25) is 9.69 Å². The topological polar surface area (TPSA) is 106 Å². The third-order valence-corrected chi connectivity index (χ3v) is 10.4. The van der Waals surface area contributed by atoms with Gasteiger partial charge in [-0.25, -0.2) is 4.79 Å². The molecule has 11 heteroatoms. The number of nitrogens with one attached hydrogen (secondary N) is 1. The maximum Gasteiger partial charge on any atom is 0.488 e. The molecule has 2 aliphatic rings. The molecule has 0 radical (unpaired) electrons. The van der Waals surface area contributed by atoms with Gasteiger partial charge in [0.05, 0.1) is 0 Å². The van der Waals surface area contributed by atoms with Crippen LogP contribution in [0.4, 0.5) is 4.79 Å². The minimum absolute atomic E-state index is 0.0278. The number of alkyl carbamates (subject to hydrolysis) is 1. The van der Waals surface area contributed by atoms with Crippen molar-refractivity contribution in [1.29, 1.82) is 0 Å². The highest BCUT2D eigenvalue weighted by atomic mass is 35.5. The van der Waals surface area contributed by atoms with E-state index in [0.29, 0.717) is 38.2 Å². The Bertz CT molecular complexity index is 1730. The highest BCUT2D eigenvalue weighted by Crippen LogP contribution is 2.28. The van der Waals surface area contributed by atoms with Crippen LogP contribution in [0.25, 0.3) is 11.1 Å². The monoisotopic (exact) mass is 708 g/mol. The Kier molecular flexibility index (Phi) is 12.8. The lowest BCUT2D eigenvalue weighted by Crippen LogP contribution is -2.58. The van der Waals surface area contributed by atoms with Crippen LogP contribution < -0.4 is 10.8 Å². The molecule has 4 aromatic carbocycles. The van der Waals surface area contributed by atoms with Crippen LogP contribution in [0, 0.1) is 5.92 Å². The van der Waals surface area contributed by atoms with Crippen molar-refractivity contribution in [2.75, 3.05) is 45.8 Å². The summed E-state index contributed by atoms with van der Waals surface area (Å²) < 4.78 is 5.58. The number of halogens is 1. The van der Waals surface area contributed by atoms with Crippen molar-refractivity contribution in [2.45, 2.75) is 38.5 Å². The molecule has 1 atom stereocenters. The first kappa shape index (κ1) is 36.6. The molecule has 0 aliphatic carbocycles. The maximum atomic E-state index is 14.2. The normalized spacial score (nSPS) is 16.4. The van der Waals surface area contributed by atoms with E-state index in [4.69, 9.17) is 16.3 Å². The molecule has 0 bridgehead atoms. The lowest BCUT2D eigenvalue weighted by molar-refractivity contribution is -0.137. The Hall–Kier alpha value is -4.19. The summed E-state index contributed by atoms with van der Waals surface area (Å²) in [5, 5.41) is 23.3. The summed E-state index contributed by atoms with van der Waals surface area (Å²) in [7, 11) is -1.53. The Labute approximate surface area is 305 Å². The average Bonchev–Trinajstić information content (AvgIpc) is 3.16. The predicted molar refractivity (Wildman–Crippen MR) is 201 cm³/mol. The van der Waals surface area contributed by atoms with E-state index in [1.165, 1.54) is 16.7 Å². The number of carbonyl (C=O) groups excluding carboxylic acids is 2. The van der Waals surface area contributed by atoms with Crippen molar-refractivity contribution in [1.82, 2.24) is 20.0 Å². The van der Waals surface area contributed by atoms with Crippen LogP contribution >= 0.6 is 11.6 Å². The Balaban J connectivity index is 1.07. The summed E-state index contributed by atoms with van der Waals surface area (Å²) in [6.07, 6.45) is 1.81. The van der Waals surface area contributed by atoms with Gasteiger partial charge in [-0.05, 0) is 83.7 Å². The van der Waals surface area contributed by atoms with Crippen LogP contribution in [0.15, 0.2) is 103 Å². The van der Waals surface area contributed by atoms with Gasteiger partial charge in [0.2, 0.25) is 5.91 Å². The first-order valence-electron chi connectivity index (χ1n) is 17.8. The fraction of sp³-hybridized carbons (Fsp3) is 0.350. The molecule has 51 heavy (non-hydrogen) atoms. The van der Waals surface area contributed by atoms with E-state index in [-0.39, 0.29) is 18.4 Å². The van der Waals surface area contributed by atoms with Crippen LogP contribution in [0.2, 0.25) is 5.02 Å². The third-order valence-electron chi connectivity index (χ3n) is 10.1. The number of hydrogen-bond donors (Lipinski definition) is 3. The van der Waals surface area contributed by atoms with Crippen LogP contribution in [-0.4, -0.2) is 95.7 Å². The summed E-state index contributed by atoms with van der Waals surface area (Å²) in [5.74, 6) is -0.109. The van der Waals surface area contributed by atoms with Crippen molar-refractivity contribution in [3.8, 4) is 11.1 Å². The summed E-state index contributed by atoms with van der Waals surface area (Å²) in [6, 6.07) is 32.6.